The maximum atomic E-state index is 14.8. The van der Waals surface area contributed by atoms with Gasteiger partial charge in [-0.15, -0.1) is 5.10 Å². The summed E-state index contributed by atoms with van der Waals surface area (Å²) in [6.45, 7) is 0. The molecule has 1 aromatic heterocycles. The molecule has 0 aliphatic carbocycles. The average molecular weight is 415 g/mol. The molecular formula is C16H13F4N5O2S. The van der Waals surface area contributed by atoms with Gasteiger partial charge in [0.1, 0.15) is 5.82 Å². The quantitative estimate of drug-likeness (QED) is 0.635. The number of hydrogen-bond acceptors (Lipinski definition) is 6. The number of nitrogen functional groups attached to an aromatic ring is 2. The zero-order valence-electron chi connectivity index (χ0n) is 14.2. The Morgan fingerprint density at radius 2 is 1.79 bits per heavy atom. The summed E-state index contributed by atoms with van der Waals surface area (Å²) in [5.74, 6) is -1.86. The van der Waals surface area contributed by atoms with Gasteiger partial charge in [0.15, 0.2) is 9.84 Å². The summed E-state index contributed by atoms with van der Waals surface area (Å²) in [7, 11) is -3.71. The van der Waals surface area contributed by atoms with Crippen molar-refractivity contribution in [3.8, 4) is 16.8 Å². The minimum absolute atomic E-state index is 0.241. The first-order valence-electron chi connectivity index (χ1n) is 7.57. The number of sulfone groups is 1. The van der Waals surface area contributed by atoms with Crippen LogP contribution in [0.25, 0.3) is 16.8 Å². The fourth-order valence-electron chi connectivity index (χ4n) is 2.64. The van der Waals surface area contributed by atoms with E-state index in [2.05, 4.69) is 10.1 Å². The second-order valence-electron chi connectivity index (χ2n) is 5.89. The SMILES string of the molecule is CS(=O)(=O)c1cccc(-c2c(F)cc(-n3nc(N)nc3N)cc2C(F)(F)F)c1. The summed E-state index contributed by atoms with van der Waals surface area (Å²) in [5.41, 5.74) is 8.19. The van der Waals surface area contributed by atoms with Crippen molar-refractivity contribution in [1.82, 2.24) is 14.8 Å². The largest absolute Gasteiger partial charge is 0.417 e. The lowest BCUT2D eigenvalue weighted by Crippen LogP contribution is -2.12. The Labute approximate surface area is 156 Å². The summed E-state index contributed by atoms with van der Waals surface area (Å²) in [6.07, 6.45) is -4.05. The summed E-state index contributed by atoms with van der Waals surface area (Å²) >= 11 is 0. The Kier molecular flexibility index (Phi) is 4.54. The van der Waals surface area contributed by atoms with Gasteiger partial charge < -0.3 is 11.5 Å². The molecule has 1 heterocycles. The van der Waals surface area contributed by atoms with E-state index in [0.717, 1.165) is 23.1 Å². The summed E-state index contributed by atoms with van der Waals surface area (Å²) in [6, 6.07) is 6.01. The van der Waals surface area contributed by atoms with Crippen LogP contribution < -0.4 is 11.5 Å². The predicted octanol–water partition coefficient (Wildman–Crippen LogP) is 2.66. The minimum Gasteiger partial charge on any atom is -0.368 e. The van der Waals surface area contributed by atoms with Crippen LogP contribution in [0.5, 0.6) is 0 Å². The van der Waals surface area contributed by atoms with Crippen LogP contribution in [-0.4, -0.2) is 29.4 Å². The van der Waals surface area contributed by atoms with Gasteiger partial charge in [0.2, 0.25) is 11.9 Å². The van der Waals surface area contributed by atoms with Crippen molar-refractivity contribution >= 4 is 21.7 Å². The van der Waals surface area contributed by atoms with Gasteiger partial charge in [0.05, 0.1) is 16.1 Å². The van der Waals surface area contributed by atoms with Crippen molar-refractivity contribution in [3.63, 3.8) is 0 Å². The lowest BCUT2D eigenvalue weighted by Gasteiger charge is -2.16. The first kappa shape index (κ1) is 19.6. The molecule has 0 bridgehead atoms. The van der Waals surface area contributed by atoms with Crippen molar-refractivity contribution in [3.05, 3.63) is 47.8 Å². The topological polar surface area (TPSA) is 117 Å². The van der Waals surface area contributed by atoms with Gasteiger partial charge in [-0.1, -0.05) is 12.1 Å². The molecule has 2 aromatic carbocycles. The molecule has 4 N–H and O–H groups in total. The molecule has 0 spiro atoms. The zero-order valence-corrected chi connectivity index (χ0v) is 15.0. The standard InChI is InChI=1S/C16H13F4N5O2S/c1-28(26,27)10-4-2-3-8(5-10)13-11(16(18,19)20)6-9(7-12(13)17)25-15(22)23-14(21)24-25/h2-7H,1H3,(H4,21,22,23,24). The molecule has 7 nitrogen and oxygen atoms in total. The highest BCUT2D eigenvalue weighted by Gasteiger charge is 2.36. The summed E-state index contributed by atoms with van der Waals surface area (Å²) in [5, 5.41) is 3.64. The molecule has 3 aromatic rings. The predicted molar refractivity (Wildman–Crippen MR) is 93.7 cm³/mol. The van der Waals surface area contributed by atoms with Crippen LogP contribution in [0.4, 0.5) is 29.5 Å². The highest BCUT2D eigenvalue weighted by Crippen LogP contribution is 2.40. The van der Waals surface area contributed by atoms with Crippen LogP contribution in [0.3, 0.4) is 0 Å². The van der Waals surface area contributed by atoms with Gasteiger partial charge >= 0.3 is 6.18 Å². The van der Waals surface area contributed by atoms with E-state index in [1.54, 1.807) is 0 Å². The van der Waals surface area contributed by atoms with Crippen LogP contribution >= 0.6 is 0 Å². The molecule has 0 fully saturated rings. The van der Waals surface area contributed by atoms with Crippen LogP contribution in [0.1, 0.15) is 5.56 Å². The second kappa shape index (κ2) is 6.48. The number of rotatable bonds is 3. The third-order valence-corrected chi connectivity index (χ3v) is 4.93. The van der Waals surface area contributed by atoms with E-state index < -0.39 is 33.0 Å². The number of aromatic nitrogens is 3. The fourth-order valence-corrected chi connectivity index (χ4v) is 3.31. The number of benzene rings is 2. The van der Waals surface area contributed by atoms with Gasteiger partial charge in [-0.05, 0) is 23.8 Å². The third kappa shape index (κ3) is 3.63. The number of nitrogens with two attached hydrogens (primary N) is 2. The van der Waals surface area contributed by atoms with E-state index in [1.807, 2.05) is 0 Å². The third-order valence-electron chi connectivity index (χ3n) is 3.82. The van der Waals surface area contributed by atoms with E-state index in [9.17, 15) is 26.0 Å². The molecule has 0 aliphatic rings. The van der Waals surface area contributed by atoms with Crippen LogP contribution in [0.15, 0.2) is 41.3 Å². The van der Waals surface area contributed by atoms with Crippen molar-refractivity contribution in [2.75, 3.05) is 17.7 Å². The number of nitrogens with zero attached hydrogens (tertiary/aromatic N) is 3. The molecule has 0 unspecified atom stereocenters. The lowest BCUT2D eigenvalue weighted by atomic mass is 9.98. The molecule has 0 saturated carbocycles. The molecule has 28 heavy (non-hydrogen) atoms. The molecule has 0 amide bonds. The Morgan fingerprint density at radius 3 is 2.32 bits per heavy atom. The summed E-state index contributed by atoms with van der Waals surface area (Å²) < 4.78 is 80.0. The van der Waals surface area contributed by atoms with Gasteiger partial charge in [0, 0.05) is 17.9 Å². The monoisotopic (exact) mass is 415 g/mol. The molecule has 148 valence electrons. The fraction of sp³-hybridized carbons (Fsp3) is 0.125. The Hall–Kier alpha value is -3.15. The molecule has 12 heteroatoms. The van der Waals surface area contributed by atoms with Crippen molar-refractivity contribution < 1.29 is 26.0 Å². The normalized spacial score (nSPS) is 12.3. The van der Waals surface area contributed by atoms with Gasteiger partial charge in [-0.2, -0.15) is 22.8 Å². The minimum atomic E-state index is -4.95. The highest BCUT2D eigenvalue weighted by atomic mass is 32.2. The molecule has 0 atom stereocenters. The number of halogens is 4. The molecular weight excluding hydrogens is 402 g/mol. The van der Waals surface area contributed by atoms with Crippen molar-refractivity contribution in [2.24, 2.45) is 0 Å². The first-order chi connectivity index (χ1) is 12.9. The van der Waals surface area contributed by atoms with Gasteiger partial charge in [0.25, 0.3) is 0 Å². The van der Waals surface area contributed by atoms with E-state index in [0.29, 0.717) is 6.07 Å². The van der Waals surface area contributed by atoms with Crippen molar-refractivity contribution in [1.29, 1.82) is 0 Å². The molecule has 3 rings (SSSR count). The maximum Gasteiger partial charge on any atom is 0.417 e. The van der Waals surface area contributed by atoms with E-state index in [-0.39, 0.29) is 28.0 Å². The number of anilines is 2. The van der Waals surface area contributed by atoms with Gasteiger partial charge in [-0.3, -0.25) is 0 Å². The van der Waals surface area contributed by atoms with Crippen molar-refractivity contribution in [2.45, 2.75) is 11.1 Å². The van der Waals surface area contributed by atoms with E-state index in [1.165, 1.54) is 18.2 Å². The zero-order chi connectivity index (χ0) is 20.9. The number of alkyl halides is 3. The van der Waals surface area contributed by atoms with Gasteiger partial charge in [-0.25, -0.2) is 12.8 Å². The van der Waals surface area contributed by atoms with Crippen LogP contribution in [0, 0.1) is 5.82 Å². The second-order valence-corrected chi connectivity index (χ2v) is 7.90. The molecule has 0 saturated heterocycles. The number of hydrogen-bond donors (Lipinski definition) is 2. The lowest BCUT2D eigenvalue weighted by molar-refractivity contribution is -0.137. The smallest absolute Gasteiger partial charge is 0.368 e. The molecule has 0 radical (unpaired) electrons. The Morgan fingerprint density at radius 1 is 1.11 bits per heavy atom. The van der Waals surface area contributed by atoms with E-state index >= 15 is 0 Å². The van der Waals surface area contributed by atoms with Crippen LogP contribution in [-0.2, 0) is 16.0 Å². The average Bonchev–Trinajstić information content (AvgIpc) is 2.91. The molecule has 0 aliphatic heterocycles. The van der Waals surface area contributed by atoms with E-state index in [4.69, 9.17) is 11.5 Å². The Balaban J connectivity index is 2.30. The maximum absolute atomic E-state index is 14.8. The first-order valence-corrected chi connectivity index (χ1v) is 9.46. The Bertz CT molecular complexity index is 1170. The highest BCUT2D eigenvalue weighted by molar-refractivity contribution is 7.90. The summed E-state index contributed by atoms with van der Waals surface area (Å²) in [4.78, 5) is 3.32. The van der Waals surface area contributed by atoms with Crippen LogP contribution in [0.2, 0.25) is 0 Å².